The quantitative estimate of drug-likeness (QED) is 0.381. The van der Waals surface area contributed by atoms with Crippen molar-refractivity contribution in [3.05, 3.63) is 83.2 Å². The van der Waals surface area contributed by atoms with Crippen LogP contribution in [0, 0.1) is 5.82 Å². The molecule has 0 fully saturated rings. The Bertz CT molecular complexity index is 1540. The van der Waals surface area contributed by atoms with E-state index in [4.69, 9.17) is 0 Å². The van der Waals surface area contributed by atoms with Crippen molar-refractivity contribution in [2.45, 2.75) is 18.3 Å². The minimum absolute atomic E-state index is 0.170. The van der Waals surface area contributed by atoms with E-state index in [0.29, 0.717) is 28.5 Å². The van der Waals surface area contributed by atoms with Crippen molar-refractivity contribution in [3.63, 3.8) is 0 Å². The van der Waals surface area contributed by atoms with E-state index in [1.54, 1.807) is 0 Å². The average Bonchev–Trinajstić information content (AvgIpc) is 3.49. The summed E-state index contributed by atoms with van der Waals surface area (Å²) in [6.45, 7) is -0.170. The summed E-state index contributed by atoms with van der Waals surface area (Å²) in [5.74, 6) is -6.31. The Hall–Kier alpha value is -4.62. The molecule has 3 heterocycles. The van der Waals surface area contributed by atoms with Crippen molar-refractivity contribution < 1.29 is 49.7 Å². The highest BCUT2D eigenvalue weighted by Gasteiger charge is 2.66. The fourth-order valence-corrected chi connectivity index (χ4v) is 4.32. The summed E-state index contributed by atoms with van der Waals surface area (Å²) in [5, 5.41) is 3.38. The van der Waals surface area contributed by atoms with Crippen LogP contribution >= 0.6 is 0 Å². The molecule has 0 spiro atoms. The Morgan fingerprint density at radius 2 is 1.49 bits per heavy atom. The molecular formula is C25H14F7N3O4. The van der Waals surface area contributed by atoms with Crippen molar-refractivity contribution in [1.29, 1.82) is 0 Å². The lowest BCUT2D eigenvalue weighted by Gasteiger charge is -2.19. The van der Waals surface area contributed by atoms with Crippen LogP contribution in [0.3, 0.4) is 0 Å². The van der Waals surface area contributed by atoms with Gasteiger partial charge in [0, 0.05) is 11.3 Å². The number of halogens is 7. The number of anilines is 1. The topological polar surface area (TPSA) is 72.1 Å². The second-order valence-corrected chi connectivity index (χ2v) is 8.72. The van der Waals surface area contributed by atoms with Crippen LogP contribution in [0.15, 0.2) is 60.7 Å². The summed E-state index contributed by atoms with van der Waals surface area (Å²) in [5.41, 5.74) is 3.02. The van der Waals surface area contributed by atoms with E-state index in [1.165, 1.54) is 42.5 Å². The second-order valence-electron chi connectivity index (χ2n) is 8.72. The van der Waals surface area contributed by atoms with Crippen LogP contribution < -0.4 is 25.0 Å². The van der Waals surface area contributed by atoms with Gasteiger partial charge in [0.05, 0.1) is 17.8 Å². The van der Waals surface area contributed by atoms with Crippen molar-refractivity contribution in [1.82, 2.24) is 10.4 Å². The predicted octanol–water partition coefficient (Wildman–Crippen LogP) is 6.14. The highest BCUT2D eigenvalue weighted by molar-refractivity contribution is 5.98. The first-order valence-electron chi connectivity index (χ1n) is 11.2. The molecule has 0 atom stereocenters. The summed E-state index contributed by atoms with van der Waals surface area (Å²) >= 11 is 0. The van der Waals surface area contributed by atoms with Crippen LogP contribution in [0.1, 0.15) is 16.7 Å². The summed E-state index contributed by atoms with van der Waals surface area (Å²) in [6.07, 6.45) is -8.59. The number of carbonyl (C=O) groups is 1. The molecule has 3 aromatic carbocycles. The molecule has 0 bridgehead atoms. The largest absolute Gasteiger partial charge is 0.586 e. The first-order valence-corrected chi connectivity index (χ1v) is 11.2. The first-order chi connectivity index (χ1) is 18.3. The number of benzene rings is 3. The number of fused-ring (bicyclic) bond motifs is 2. The molecule has 3 aliphatic heterocycles. The second kappa shape index (κ2) is 8.19. The number of alkyl halides is 6. The van der Waals surface area contributed by atoms with Gasteiger partial charge in [-0.05, 0) is 65.7 Å². The van der Waals surface area contributed by atoms with Crippen LogP contribution in [-0.4, -0.2) is 30.0 Å². The standard InChI is InChI=1S/C25H14F7N3O4/c26-14-4-1-12(2-5-14)21-16(13-3-7-19-20(9-13)39-25(31,32)38-19)11-35(34-21)22(36)33-15-6-8-18-17(10-15)23(27,28)24(29,30)37-18/h1-10,34H,11H2,(H,33,36). The molecule has 0 saturated carbocycles. The van der Waals surface area contributed by atoms with Gasteiger partial charge in [0.25, 0.3) is 0 Å². The number of nitrogens with zero attached hydrogens (tertiary/aromatic N) is 1. The number of urea groups is 1. The molecule has 2 amide bonds. The molecule has 0 aromatic heterocycles. The molecule has 3 aliphatic rings. The highest BCUT2D eigenvalue weighted by Crippen LogP contribution is 2.54. The molecule has 6 rings (SSSR count). The molecule has 3 aromatic rings. The molecule has 7 nitrogen and oxygen atoms in total. The minimum Gasteiger partial charge on any atom is -0.427 e. The van der Waals surface area contributed by atoms with Gasteiger partial charge in [-0.15, -0.1) is 8.78 Å². The number of nitrogens with one attached hydrogen (secondary N) is 2. The lowest BCUT2D eigenvalue weighted by Crippen LogP contribution is -2.40. The third kappa shape index (κ3) is 4.11. The fourth-order valence-electron chi connectivity index (χ4n) is 4.32. The predicted molar refractivity (Wildman–Crippen MR) is 121 cm³/mol. The summed E-state index contributed by atoms with van der Waals surface area (Å²) in [6, 6.07) is 11.0. The third-order valence-electron chi connectivity index (χ3n) is 6.17. The molecule has 14 heteroatoms. The Morgan fingerprint density at radius 3 is 2.23 bits per heavy atom. The van der Waals surface area contributed by atoms with Gasteiger partial charge in [-0.1, -0.05) is 6.07 Å². The SMILES string of the molecule is O=C(Nc1ccc2c(c1)C(F)(F)C(F)(F)O2)N1CC(c2ccc3c(c2)OC(F)(F)O3)=C(c2ccc(F)cc2)N1. The van der Waals surface area contributed by atoms with Crippen molar-refractivity contribution in [2.24, 2.45) is 0 Å². The molecule has 2 N–H and O–H groups in total. The normalized spacial score (nSPS) is 19.4. The number of hydrazine groups is 1. The summed E-state index contributed by atoms with van der Waals surface area (Å²) in [7, 11) is 0. The Balaban J connectivity index is 1.28. The van der Waals surface area contributed by atoms with Crippen LogP contribution in [-0.2, 0) is 5.92 Å². The van der Waals surface area contributed by atoms with Crippen LogP contribution in [0.2, 0.25) is 0 Å². The molecule has 39 heavy (non-hydrogen) atoms. The first kappa shape index (κ1) is 24.7. The maximum Gasteiger partial charge on any atom is 0.586 e. The van der Waals surface area contributed by atoms with Gasteiger partial charge >= 0.3 is 24.4 Å². The molecular weight excluding hydrogens is 539 g/mol. The Labute approximate surface area is 214 Å². The van der Waals surface area contributed by atoms with E-state index in [2.05, 4.69) is 25.0 Å². The van der Waals surface area contributed by atoms with Crippen LogP contribution in [0.4, 0.5) is 41.2 Å². The van der Waals surface area contributed by atoms with Crippen molar-refractivity contribution in [2.75, 3.05) is 11.9 Å². The van der Waals surface area contributed by atoms with Crippen molar-refractivity contribution >= 4 is 23.0 Å². The summed E-state index contributed by atoms with van der Waals surface area (Å²) < 4.78 is 109. The maximum absolute atomic E-state index is 14.1. The van der Waals surface area contributed by atoms with Crippen LogP contribution in [0.25, 0.3) is 11.3 Å². The molecule has 202 valence electrons. The van der Waals surface area contributed by atoms with Crippen molar-refractivity contribution in [3.8, 4) is 17.2 Å². The molecule has 0 unspecified atom stereocenters. The molecule has 0 saturated heterocycles. The average molecular weight is 553 g/mol. The van der Waals surface area contributed by atoms with Gasteiger partial charge in [0.1, 0.15) is 11.6 Å². The molecule has 0 aliphatic carbocycles. The Morgan fingerprint density at radius 1 is 0.821 bits per heavy atom. The van der Waals surface area contributed by atoms with E-state index in [9.17, 15) is 35.5 Å². The zero-order valence-electron chi connectivity index (χ0n) is 19.2. The zero-order chi connectivity index (χ0) is 27.7. The van der Waals surface area contributed by atoms with E-state index in [-0.39, 0.29) is 23.7 Å². The minimum atomic E-state index is -4.74. The van der Waals surface area contributed by atoms with E-state index < -0.39 is 41.5 Å². The smallest absolute Gasteiger partial charge is 0.427 e. The van der Waals surface area contributed by atoms with Gasteiger partial charge in [-0.3, -0.25) is 5.43 Å². The fraction of sp³-hybridized carbons (Fsp3) is 0.160. The Kier molecular flexibility index (Phi) is 5.19. The van der Waals surface area contributed by atoms with Gasteiger partial charge in [-0.2, -0.15) is 17.6 Å². The number of ether oxygens (including phenoxy) is 3. The number of rotatable bonds is 3. The van der Waals surface area contributed by atoms with E-state index in [1.807, 2.05) is 0 Å². The van der Waals surface area contributed by atoms with E-state index >= 15 is 0 Å². The zero-order valence-corrected chi connectivity index (χ0v) is 19.2. The monoisotopic (exact) mass is 553 g/mol. The van der Waals surface area contributed by atoms with Gasteiger partial charge in [0.2, 0.25) is 0 Å². The molecule has 0 radical (unpaired) electrons. The number of amides is 2. The number of hydrogen-bond donors (Lipinski definition) is 2. The van der Waals surface area contributed by atoms with Gasteiger partial charge in [0.15, 0.2) is 11.5 Å². The number of carbonyl (C=O) groups excluding carboxylic acids is 1. The van der Waals surface area contributed by atoms with Gasteiger partial charge in [-0.25, -0.2) is 14.2 Å². The van der Waals surface area contributed by atoms with Gasteiger partial charge < -0.3 is 19.5 Å². The highest BCUT2D eigenvalue weighted by atomic mass is 19.3. The third-order valence-corrected chi connectivity index (χ3v) is 6.17. The maximum atomic E-state index is 14.1. The lowest BCUT2D eigenvalue weighted by atomic mass is 10.00. The lowest BCUT2D eigenvalue weighted by molar-refractivity contribution is -0.296. The van der Waals surface area contributed by atoms with E-state index in [0.717, 1.165) is 17.1 Å². The number of hydrogen-bond acceptors (Lipinski definition) is 5. The van der Waals surface area contributed by atoms with Crippen LogP contribution in [0.5, 0.6) is 17.2 Å². The summed E-state index contributed by atoms with van der Waals surface area (Å²) in [4.78, 5) is 13.0.